The van der Waals surface area contributed by atoms with Crippen LogP contribution in [0.15, 0.2) is 65.5 Å². The Morgan fingerprint density at radius 1 is 0.957 bits per heavy atom. The van der Waals surface area contributed by atoms with E-state index < -0.39 is 6.86 Å². The summed E-state index contributed by atoms with van der Waals surface area (Å²) < 4.78 is 31.1. The first kappa shape index (κ1) is 14.9. The number of alkyl halides is 1. The summed E-state index contributed by atoms with van der Waals surface area (Å²) in [7, 11) is 0. The van der Waals surface area contributed by atoms with Crippen LogP contribution in [0.25, 0.3) is 16.9 Å². The topological polar surface area (TPSA) is 44.1 Å². The number of hydrogen-bond acceptors (Lipinski definition) is 3. The first-order chi connectivity index (χ1) is 11.2. The van der Waals surface area contributed by atoms with Crippen molar-refractivity contribution in [3.63, 3.8) is 0 Å². The molecule has 0 unspecified atom stereocenters. The second-order valence-corrected chi connectivity index (χ2v) is 4.72. The summed E-state index contributed by atoms with van der Waals surface area (Å²) in [6.45, 7) is -0.919. The van der Waals surface area contributed by atoms with E-state index in [4.69, 9.17) is 4.74 Å². The Balaban J connectivity index is 2.00. The molecule has 1 heterocycles. The fraction of sp³-hybridized carbons (Fsp3) is 0.0588. The van der Waals surface area contributed by atoms with E-state index in [0.29, 0.717) is 22.7 Å². The van der Waals surface area contributed by atoms with Gasteiger partial charge in [0.25, 0.3) is 5.56 Å². The van der Waals surface area contributed by atoms with Crippen LogP contribution in [0.1, 0.15) is 0 Å². The number of ether oxygens (including phenoxy) is 1. The summed E-state index contributed by atoms with van der Waals surface area (Å²) in [6.07, 6.45) is 0. The van der Waals surface area contributed by atoms with Gasteiger partial charge >= 0.3 is 0 Å². The number of rotatable bonds is 4. The predicted octanol–water partition coefficient (Wildman–Crippen LogP) is 3.34. The van der Waals surface area contributed by atoms with E-state index in [9.17, 15) is 13.6 Å². The minimum Gasteiger partial charge on any atom is -0.463 e. The fourth-order valence-electron chi connectivity index (χ4n) is 2.12. The molecule has 0 saturated carbocycles. The Labute approximate surface area is 130 Å². The average Bonchev–Trinajstić information content (AvgIpc) is 2.57. The lowest BCUT2D eigenvalue weighted by atomic mass is 10.1. The molecule has 0 aliphatic carbocycles. The Hall–Kier alpha value is -3.02. The predicted molar refractivity (Wildman–Crippen MR) is 81.8 cm³/mol. The highest BCUT2D eigenvalue weighted by Crippen LogP contribution is 2.18. The molecule has 0 fully saturated rings. The van der Waals surface area contributed by atoms with Gasteiger partial charge in [0.1, 0.15) is 11.6 Å². The van der Waals surface area contributed by atoms with Crippen molar-refractivity contribution in [2.45, 2.75) is 0 Å². The molecule has 23 heavy (non-hydrogen) atoms. The molecule has 0 aliphatic rings. The van der Waals surface area contributed by atoms with Gasteiger partial charge in [-0.25, -0.2) is 8.78 Å². The molecular weight excluding hydrogens is 302 g/mol. The van der Waals surface area contributed by atoms with Crippen LogP contribution >= 0.6 is 0 Å². The standard InChI is InChI=1S/C17H12F2N2O2/c18-11-23-15-7-5-14(6-8-15)21-17(22)10-9-16(20-21)12-1-3-13(19)4-2-12/h1-10H,11H2. The monoisotopic (exact) mass is 314 g/mol. The number of aromatic nitrogens is 2. The van der Waals surface area contributed by atoms with Crippen LogP contribution in [-0.2, 0) is 0 Å². The van der Waals surface area contributed by atoms with Crippen LogP contribution in [0.3, 0.4) is 0 Å². The molecular formula is C17H12F2N2O2. The van der Waals surface area contributed by atoms with Crippen molar-refractivity contribution in [3.8, 4) is 22.7 Å². The second-order valence-electron chi connectivity index (χ2n) is 4.72. The third kappa shape index (κ3) is 3.26. The lowest BCUT2D eigenvalue weighted by Gasteiger charge is -2.08. The lowest BCUT2D eigenvalue weighted by Crippen LogP contribution is -2.20. The van der Waals surface area contributed by atoms with Crippen LogP contribution in [-0.4, -0.2) is 16.6 Å². The highest BCUT2D eigenvalue weighted by Gasteiger charge is 2.06. The lowest BCUT2D eigenvalue weighted by molar-refractivity contribution is 0.192. The highest BCUT2D eigenvalue weighted by atomic mass is 19.1. The Bertz CT molecular complexity index is 859. The van der Waals surface area contributed by atoms with Gasteiger partial charge in [0.15, 0.2) is 0 Å². The first-order valence-corrected chi connectivity index (χ1v) is 6.83. The van der Waals surface area contributed by atoms with E-state index in [1.165, 1.54) is 22.9 Å². The summed E-state index contributed by atoms with van der Waals surface area (Å²) in [5.74, 6) is 0.0181. The molecule has 0 saturated heterocycles. The van der Waals surface area contributed by atoms with Crippen LogP contribution in [0, 0.1) is 5.82 Å². The number of hydrogen-bond donors (Lipinski definition) is 0. The molecule has 0 radical (unpaired) electrons. The van der Waals surface area contributed by atoms with E-state index in [1.54, 1.807) is 42.5 Å². The minimum atomic E-state index is -0.919. The molecule has 3 rings (SSSR count). The molecule has 2 aromatic carbocycles. The fourth-order valence-corrected chi connectivity index (χ4v) is 2.12. The number of benzene rings is 2. The molecule has 6 heteroatoms. The van der Waals surface area contributed by atoms with Crippen LogP contribution in [0.5, 0.6) is 5.75 Å². The van der Waals surface area contributed by atoms with Gasteiger partial charge in [-0.3, -0.25) is 4.79 Å². The van der Waals surface area contributed by atoms with Crippen molar-refractivity contribution >= 4 is 0 Å². The van der Waals surface area contributed by atoms with Gasteiger partial charge in [0, 0.05) is 11.6 Å². The third-order valence-electron chi connectivity index (χ3n) is 3.24. The molecule has 0 aliphatic heterocycles. The van der Waals surface area contributed by atoms with Crippen molar-refractivity contribution in [3.05, 3.63) is 76.8 Å². The van der Waals surface area contributed by atoms with Gasteiger partial charge in [-0.2, -0.15) is 9.78 Å². The molecule has 0 N–H and O–H groups in total. The molecule has 1 aromatic heterocycles. The quantitative estimate of drug-likeness (QED) is 0.742. The highest BCUT2D eigenvalue weighted by molar-refractivity contribution is 5.58. The normalized spacial score (nSPS) is 10.5. The molecule has 4 nitrogen and oxygen atoms in total. The molecule has 3 aromatic rings. The van der Waals surface area contributed by atoms with Crippen molar-refractivity contribution in [1.82, 2.24) is 9.78 Å². The maximum Gasteiger partial charge on any atom is 0.271 e. The van der Waals surface area contributed by atoms with E-state index in [0.717, 1.165) is 0 Å². The number of nitrogens with zero attached hydrogens (tertiary/aromatic N) is 2. The summed E-state index contributed by atoms with van der Waals surface area (Å²) in [4.78, 5) is 12.0. The zero-order valence-corrected chi connectivity index (χ0v) is 11.9. The van der Waals surface area contributed by atoms with Gasteiger partial charge in [0.05, 0.1) is 11.4 Å². The van der Waals surface area contributed by atoms with Gasteiger partial charge in [-0.1, -0.05) is 0 Å². The van der Waals surface area contributed by atoms with Gasteiger partial charge in [-0.05, 0) is 54.6 Å². The van der Waals surface area contributed by atoms with Gasteiger partial charge in [-0.15, -0.1) is 0 Å². The van der Waals surface area contributed by atoms with Gasteiger partial charge < -0.3 is 4.74 Å². The molecule has 116 valence electrons. The van der Waals surface area contributed by atoms with Crippen molar-refractivity contribution in [2.75, 3.05) is 6.86 Å². The molecule has 0 spiro atoms. The Kier molecular flexibility index (Phi) is 4.14. The SMILES string of the molecule is O=c1ccc(-c2ccc(F)cc2)nn1-c1ccc(OCF)cc1. The minimum absolute atomic E-state index is 0.310. The number of halogens is 2. The zero-order valence-electron chi connectivity index (χ0n) is 11.9. The third-order valence-corrected chi connectivity index (χ3v) is 3.24. The second kappa shape index (κ2) is 6.39. The van der Waals surface area contributed by atoms with E-state index in [2.05, 4.69) is 5.10 Å². The van der Waals surface area contributed by atoms with Crippen molar-refractivity contribution < 1.29 is 13.5 Å². The molecule has 0 atom stereocenters. The summed E-state index contributed by atoms with van der Waals surface area (Å²) >= 11 is 0. The van der Waals surface area contributed by atoms with Crippen LogP contribution < -0.4 is 10.3 Å². The maximum absolute atomic E-state index is 13.0. The largest absolute Gasteiger partial charge is 0.463 e. The van der Waals surface area contributed by atoms with E-state index in [-0.39, 0.29) is 11.4 Å². The Morgan fingerprint density at radius 3 is 2.30 bits per heavy atom. The van der Waals surface area contributed by atoms with Crippen LogP contribution in [0.2, 0.25) is 0 Å². The first-order valence-electron chi connectivity index (χ1n) is 6.83. The van der Waals surface area contributed by atoms with E-state index in [1.807, 2.05) is 0 Å². The van der Waals surface area contributed by atoms with Crippen LogP contribution in [0.4, 0.5) is 8.78 Å². The van der Waals surface area contributed by atoms with Gasteiger partial charge in [0.2, 0.25) is 6.86 Å². The maximum atomic E-state index is 13.0. The van der Waals surface area contributed by atoms with Crippen molar-refractivity contribution in [1.29, 1.82) is 0 Å². The summed E-state index contributed by atoms with van der Waals surface area (Å²) in [6, 6.07) is 15.1. The summed E-state index contributed by atoms with van der Waals surface area (Å²) in [5.41, 5.74) is 1.44. The molecule has 0 amide bonds. The summed E-state index contributed by atoms with van der Waals surface area (Å²) in [5, 5.41) is 4.28. The average molecular weight is 314 g/mol. The zero-order chi connectivity index (χ0) is 16.2. The van der Waals surface area contributed by atoms with E-state index >= 15 is 0 Å². The van der Waals surface area contributed by atoms with Crippen molar-refractivity contribution in [2.24, 2.45) is 0 Å². The molecule has 0 bridgehead atoms. The Morgan fingerprint density at radius 2 is 1.65 bits per heavy atom. The smallest absolute Gasteiger partial charge is 0.271 e.